The molecule has 0 unspecified atom stereocenters. The smallest absolute Gasteiger partial charge is 0.267 e. The van der Waals surface area contributed by atoms with E-state index < -0.39 is 5.91 Å². The fourth-order valence-electron chi connectivity index (χ4n) is 4.50. The van der Waals surface area contributed by atoms with E-state index in [-0.39, 0.29) is 0 Å². The van der Waals surface area contributed by atoms with E-state index >= 15 is 0 Å². The Morgan fingerprint density at radius 2 is 1.97 bits per heavy atom. The lowest BCUT2D eigenvalue weighted by Gasteiger charge is -2.34. The molecule has 1 aliphatic carbocycles. The van der Waals surface area contributed by atoms with Crippen LogP contribution in [0.1, 0.15) is 54.3 Å². The lowest BCUT2D eigenvalue weighted by atomic mass is 9.91. The van der Waals surface area contributed by atoms with Crippen molar-refractivity contribution >= 4 is 5.91 Å². The zero-order chi connectivity index (χ0) is 20.2. The molecule has 1 amide bonds. The highest BCUT2D eigenvalue weighted by Gasteiger charge is 2.27. The third-order valence-corrected chi connectivity index (χ3v) is 6.20. The molecule has 1 aromatic carbocycles. The molecule has 1 fully saturated rings. The highest BCUT2D eigenvalue weighted by atomic mass is 16.5. The van der Waals surface area contributed by atoms with Gasteiger partial charge in [0.25, 0.3) is 5.91 Å². The van der Waals surface area contributed by atoms with Crippen molar-refractivity contribution in [1.82, 2.24) is 14.9 Å². The Balaban J connectivity index is 1.45. The minimum Gasteiger partial charge on any atom is -0.497 e. The summed E-state index contributed by atoms with van der Waals surface area (Å²) in [6.45, 7) is 3.35. The summed E-state index contributed by atoms with van der Waals surface area (Å²) >= 11 is 0. The van der Waals surface area contributed by atoms with Gasteiger partial charge in [-0.3, -0.25) is 4.79 Å². The summed E-state index contributed by atoms with van der Waals surface area (Å²) in [7, 11) is 1.63. The van der Waals surface area contributed by atoms with Crippen molar-refractivity contribution in [2.75, 3.05) is 26.7 Å². The first-order valence-corrected chi connectivity index (χ1v) is 10.6. The number of imidazole rings is 1. The molecule has 2 aromatic rings. The first-order chi connectivity index (χ1) is 14.1. The number of methoxy groups -OCH3 is 1. The summed E-state index contributed by atoms with van der Waals surface area (Å²) < 4.78 is 5.22. The molecule has 0 spiro atoms. The van der Waals surface area contributed by atoms with Gasteiger partial charge >= 0.3 is 0 Å². The van der Waals surface area contributed by atoms with Crippen molar-refractivity contribution in [3.8, 4) is 17.0 Å². The Kier molecular flexibility index (Phi) is 6.00. The Morgan fingerprint density at radius 3 is 2.59 bits per heavy atom. The van der Waals surface area contributed by atoms with Crippen molar-refractivity contribution in [3.05, 3.63) is 47.9 Å². The van der Waals surface area contributed by atoms with Gasteiger partial charge in [0.2, 0.25) is 0 Å². The zero-order valence-corrected chi connectivity index (χ0v) is 17.1. The number of amides is 1. The molecule has 0 radical (unpaired) electrons. The average Bonchev–Trinajstić information content (AvgIpc) is 3.21. The van der Waals surface area contributed by atoms with Crippen LogP contribution in [0.4, 0.5) is 0 Å². The van der Waals surface area contributed by atoms with Gasteiger partial charge in [0.15, 0.2) is 0 Å². The molecule has 29 heavy (non-hydrogen) atoms. The number of nitrogens with one attached hydrogen (secondary N) is 1. The second-order valence-electron chi connectivity index (χ2n) is 8.16. The van der Waals surface area contributed by atoms with Crippen LogP contribution in [0, 0.1) is 5.92 Å². The minimum absolute atomic E-state index is 0.336. The Morgan fingerprint density at radius 1 is 1.21 bits per heavy atom. The number of H-pyrrole nitrogens is 1. The normalized spacial score (nSPS) is 20.7. The molecule has 1 aromatic heterocycles. The average molecular weight is 395 g/mol. The first kappa shape index (κ1) is 19.7. The number of nitrogens with zero attached hydrogens (tertiary/aromatic N) is 2. The van der Waals surface area contributed by atoms with Crippen LogP contribution in [0.5, 0.6) is 5.75 Å². The van der Waals surface area contributed by atoms with Crippen LogP contribution in [-0.4, -0.2) is 47.5 Å². The number of carbonyl (C=O) groups is 1. The van der Waals surface area contributed by atoms with E-state index in [0.29, 0.717) is 17.3 Å². The number of hydrogen-bond donors (Lipinski definition) is 2. The molecular formula is C23H30N4O2. The number of ether oxygens (including phenoxy) is 1. The maximum atomic E-state index is 12.0. The van der Waals surface area contributed by atoms with Crippen LogP contribution in [0.2, 0.25) is 0 Å². The van der Waals surface area contributed by atoms with Crippen molar-refractivity contribution in [1.29, 1.82) is 0 Å². The molecule has 1 saturated heterocycles. The largest absolute Gasteiger partial charge is 0.497 e. The monoisotopic (exact) mass is 394 g/mol. The molecule has 1 atom stereocenters. The topological polar surface area (TPSA) is 84.2 Å². The number of primary amides is 1. The van der Waals surface area contributed by atoms with Gasteiger partial charge in [-0.1, -0.05) is 12.2 Å². The van der Waals surface area contributed by atoms with E-state index in [1.54, 1.807) is 7.11 Å². The standard InChI is InChI=1S/C23H30N4O2/c1-29-19-9-7-17(8-10-19)20-21(22(24)28)26-23(25-20)18-11-13-27(14-12-18)15-16-5-3-2-4-6-16/h2-3,7-10,16,18H,4-6,11-15H2,1H3,(H2,24,28)(H,25,26)/t16-/m0/s1. The van der Waals surface area contributed by atoms with Gasteiger partial charge in [-0.05, 0) is 75.4 Å². The Bertz CT molecular complexity index is 864. The van der Waals surface area contributed by atoms with Crippen LogP contribution in [0.3, 0.4) is 0 Å². The Labute approximate surface area is 172 Å². The third-order valence-electron chi connectivity index (χ3n) is 6.20. The summed E-state index contributed by atoms with van der Waals surface area (Å²) in [5.41, 5.74) is 7.52. The number of benzene rings is 1. The predicted octanol–water partition coefficient (Wildman–Crippen LogP) is 3.72. The number of allylic oxidation sites excluding steroid dienone is 2. The van der Waals surface area contributed by atoms with Crippen molar-refractivity contribution in [3.63, 3.8) is 0 Å². The van der Waals surface area contributed by atoms with Gasteiger partial charge < -0.3 is 20.4 Å². The zero-order valence-electron chi connectivity index (χ0n) is 17.1. The quantitative estimate of drug-likeness (QED) is 0.732. The van der Waals surface area contributed by atoms with Gasteiger partial charge in [-0.2, -0.15) is 0 Å². The summed E-state index contributed by atoms with van der Waals surface area (Å²) in [5, 5.41) is 0. The molecule has 1 aliphatic heterocycles. The van der Waals surface area contributed by atoms with Crippen LogP contribution in [0.15, 0.2) is 36.4 Å². The number of piperidine rings is 1. The molecule has 0 bridgehead atoms. The van der Waals surface area contributed by atoms with Gasteiger partial charge in [0.1, 0.15) is 23.0 Å². The van der Waals surface area contributed by atoms with Gasteiger partial charge in [0, 0.05) is 18.0 Å². The fourth-order valence-corrected chi connectivity index (χ4v) is 4.50. The molecule has 154 valence electrons. The highest BCUT2D eigenvalue weighted by molar-refractivity contribution is 5.97. The lowest BCUT2D eigenvalue weighted by molar-refractivity contribution is 0.0996. The summed E-state index contributed by atoms with van der Waals surface area (Å²) in [5.74, 6) is 2.30. The van der Waals surface area contributed by atoms with E-state index in [9.17, 15) is 4.79 Å². The summed E-state index contributed by atoms with van der Waals surface area (Å²) in [6, 6.07) is 7.56. The number of rotatable bonds is 6. The van der Waals surface area contributed by atoms with E-state index in [0.717, 1.165) is 49.0 Å². The second kappa shape index (κ2) is 8.82. The molecule has 2 aliphatic rings. The van der Waals surface area contributed by atoms with Crippen molar-refractivity contribution < 1.29 is 9.53 Å². The van der Waals surface area contributed by atoms with Crippen LogP contribution < -0.4 is 10.5 Å². The van der Waals surface area contributed by atoms with Gasteiger partial charge in [-0.15, -0.1) is 0 Å². The molecule has 6 heteroatoms. The van der Waals surface area contributed by atoms with E-state index in [1.165, 1.54) is 25.8 Å². The molecule has 6 nitrogen and oxygen atoms in total. The van der Waals surface area contributed by atoms with Crippen LogP contribution in [-0.2, 0) is 0 Å². The van der Waals surface area contributed by atoms with Gasteiger partial charge in [-0.25, -0.2) is 4.98 Å². The van der Waals surface area contributed by atoms with Crippen LogP contribution in [0.25, 0.3) is 11.3 Å². The predicted molar refractivity (Wildman–Crippen MR) is 114 cm³/mol. The molecule has 2 heterocycles. The second-order valence-corrected chi connectivity index (χ2v) is 8.16. The maximum absolute atomic E-state index is 12.0. The van der Waals surface area contributed by atoms with Crippen molar-refractivity contribution in [2.45, 2.75) is 38.0 Å². The summed E-state index contributed by atoms with van der Waals surface area (Å²) in [6.07, 6.45) is 10.5. The molecule has 0 saturated carbocycles. The van der Waals surface area contributed by atoms with Crippen molar-refractivity contribution in [2.24, 2.45) is 11.7 Å². The fraction of sp³-hybridized carbons (Fsp3) is 0.478. The van der Waals surface area contributed by atoms with Crippen LogP contribution >= 0.6 is 0 Å². The highest BCUT2D eigenvalue weighted by Crippen LogP contribution is 2.31. The number of nitrogens with two attached hydrogens (primary N) is 1. The number of aromatic nitrogens is 2. The van der Waals surface area contributed by atoms with E-state index in [1.807, 2.05) is 24.3 Å². The summed E-state index contributed by atoms with van der Waals surface area (Å²) in [4.78, 5) is 22.6. The molecular weight excluding hydrogens is 364 g/mol. The maximum Gasteiger partial charge on any atom is 0.267 e. The molecule has 4 rings (SSSR count). The minimum atomic E-state index is -0.475. The van der Waals surface area contributed by atoms with E-state index in [4.69, 9.17) is 15.5 Å². The first-order valence-electron chi connectivity index (χ1n) is 10.6. The Hall–Kier alpha value is -2.60. The van der Waals surface area contributed by atoms with E-state index in [2.05, 4.69) is 22.0 Å². The number of carbonyl (C=O) groups excluding carboxylic acids is 1. The third kappa shape index (κ3) is 4.53. The number of hydrogen-bond acceptors (Lipinski definition) is 4. The van der Waals surface area contributed by atoms with Gasteiger partial charge in [0.05, 0.1) is 7.11 Å². The number of likely N-dealkylation sites (tertiary alicyclic amines) is 1. The number of aromatic amines is 1. The molecule has 3 N–H and O–H groups in total. The lowest BCUT2D eigenvalue weighted by Crippen LogP contribution is -2.37. The SMILES string of the molecule is COc1ccc(-c2nc(C3CCN(C[C@H]4CC=CCC4)CC3)[nH]c2C(N)=O)cc1.